The lowest BCUT2D eigenvalue weighted by atomic mass is 10.2. The lowest BCUT2D eigenvalue weighted by molar-refractivity contribution is -0.386. The maximum absolute atomic E-state index is 10.7. The highest BCUT2D eigenvalue weighted by molar-refractivity contribution is 5.52. The molecule has 0 radical (unpaired) electrons. The summed E-state index contributed by atoms with van der Waals surface area (Å²) in [6.07, 6.45) is 0.0373. The van der Waals surface area contributed by atoms with E-state index in [4.69, 9.17) is 25.1 Å². The molecule has 0 spiro atoms. The van der Waals surface area contributed by atoms with Crippen LogP contribution in [0.3, 0.4) is 0 Å². The highest BCUT2D eigenvalue weighted by Gasteiger charge is 2.25. The number of nitro groups is 2. The van der Waals surface area contributed by atoms with Gasteiger partial charge < -0.3 is 14.6 Å². The number of nitrogens with zero attached hydrogens (tertiary/aromatic N) is 4. The first-order valence-corrected chi connectivity index (χ1v) is 7.66. The fraction of sp³-hybridized carbons (Fsp3) is 0.176. The van der Waals surface area contributed by atoms with Crippen LogP contribution in [0.4, 0.5) is 11.4 Å². The Bertz CT molecular complexity index is 990. The van der Waals surface area contributed by atoms with Gasteiger partial charge in [0.05, 0.1) is 39.7 Å². The van der Waals surface area contributed by atoms with Gasteiger partial charge in [-0.15, -0.1) is 0 Å². The molecule has 28 heavy (non-hydrogen) atoms. The third kappa shape index (κ3) is 5.39. The molecule has 1 unspecified atom stereocenters. The maximum atomic E-state index is 10.7. The Hall–Kier alpha value is -4.22. The summed E-state index contributed by atoms with van der Waals surface area (Å²) >= 11 is 0. The third-order valence-electron chi connectivity index (χ3n) is 3.41. The number of hydrogen-bond acceptors (Lipinski definition) is 9. The monoisotopic (exact) mass is 384 g/mol. The number of nitro benzene ring substituents is 2. The van der Waals surface area contributed by atoms with Gasteiger partial charge in [0, 0.05) is 12.1 Å². The summed E-state index contributed by atoms with van der Waals surface area (Å²) in [4.78, 5) is 19.7. The van der Waals surface area contributed by atoms with Crippen molar-refractivity contribution in [1.82, 2.24) is 0 Å². The minimum Gasteiger partial charge on any atom is -0.502 e. The van der Waals surface area contributed by atoms with Gasteiger partial charge in [-0.1, -0.05) is 0 Å². The van der Waals surface area contributed by atoms with Gasteiger partial charge in [0.1, 0.15) is 12.7 Å². The second-order valence-corrected chi connectivity index (χ2v) is 5.39. The molecule has 0 aliphatic carbocycles. The van der Waals surface area contributed by atoms with Crippen molar-refractivity contribution >= 4 is 11.4 Å². The van der Waals surface area contributed by atoms with Crippen LogP contribution in [0, 0.1) is 42.9 Å². The molecule has 3 rings (SSSR count). The van der Waals surface area contributed by atoms with Crippen LogP contribution in [0.1, 0.15) is 11.1 Å². The SMILES string of the molecule is N#Cc1ccc(O)c([N+](=O)[O-])c1.N#Cc1ccc(OCC2CO2)c([N+](=O)[O-])c1. The van der Waals surface area contributed by atoms with E-state index in [9.17, 15) is 20.2 Å². The zero-order valence-electron chi connectivity index (χ0n) is 14.1. The van der Waals surface area contributed by atoms with Gasteiger partial charge in [0.25, 0.3) is 0 Å². The fourth-order valence-corrected chi connectivity index (χ4v) is 1.94. The van der Waals surface area contributed by atoms with E-state index in [1.54, 1.807) is 6.07 Å². The molecule has 0 bridgehead atoms. The van der Waals surface area contributed by atoms with Crippen LogP contribution in [0.15, 0.2) is 36.4 Å². The molecule has 1 atom stereocenters. The first kappa shape index (κ1) is 20.1. The van der Waals surface area contributed by atoms with Crippen molar-refractivity contribution in [1.29, 1.82) is 10.5 Å². The number of phenols is 1. The van der Waals surface area contributed by atoms with E-state index in [1.807, 2.05) is 6.07 Å². The van der Waals surface area contributed by atoms with Crippen molar-refractivity contribution in [2.45, 2.75) is 6.10 Å². The molecule has 0 aromatic heterocycles. The van der Waals surface area contributed by atoms with Crippen LogP contribution < -0.4 is 4.74 Å². The average molecular weight is 384 g/mol. The minimum atomic E-state index is -0.740. The molecule has 1 N–H and O–H groups in total. The largest absolute Gasteiger partial charge is 0.502 e. The van der Waals surface area contributed by atoms with Crippen LogP contribution in [0.25, 0.3) is 0 Å². The fourth-order valence-electron chi connectivity index (χ4n) is 1.94. The van der Waals surface area contributed by atoms with Crippen molar-refractivity contribution in [2.75, 3.05) is 13.2 Å². The number of ether oxygens (including phenoxy) is 2. The molecular formula is C17H12N4O7. The Morgan fingerprint density at radius 1 is 1.07 bits per heavy atom. The molecule has 2 aromatic carbocycles. The molecule has 1 aliphatic heterocycles. The summed E-state index contributed by atoms with van der Waals surface area (Å²) in [5.74, 6) is -0.265. The van der Waals surface area contributed by atoms with E-state index in [1.165, 1.54) is 24.3 Å². The molecule has 0 amide bonds. The summed E-state index contributed by atoms with van der Waals surface area (Å²) in [6.45, 7) is 0.927. The highest BCUT2D eigenvalue weighted by atomic mass is 16.6. The Balaban J connectivity index is 0.000000209. The topological polar surface area (TPSA) is 176 Å². The van der Waals surface area contributed by atoms with Crippen LogP contribution >= 0.6 is 0 Å². The molecule has 1 fully saturated rings. The lowest BCUT2D eigenvalue weighted by Gasteiger charge is -2.04. The van der Waals surface area contributed by atoms with Crippen LogP contribution in [0.5, 0.6) is 11.5 Å². The van der Waals surface area contributed by atoms with Gasteiger partial charge in [-0.25, -0.2) is 0 Å². The predicted octanol–water partition coefficient (Wildman–Crippen LogP) is 2.42. The number of benzene rings is 2. The van der Waals surface area contributed by atoms with Gasteiger partial charge in [-0.3, -0.25) is 20.2 Å². The van der Waals surface area contributed by atoms with E-state index in [-0.39, 0.29) is 28.7 Å². The van der Waals surface area contributed by atoms with E-state index >= 15 is 0 Å². The van der Waals surface area contributed by atoms with E-state index in [0.29, 0.717) is 13.2 Å². The quantitative estimate of drug-likeness (QED) is 0.460. The van der Waals surface area contributed by atoms with Gasteiger partial charge in [-0.05, 0) is 24.3 Å². The normalized spacial score (nSPS) is 13.9. The van der Waals surface area contributed by atoms with Crippen LogP contribution in [0.2, 0.25) is 0 Å². The van der Waals surface area contributed by atoms with Crippen molar-refractivity contribution < 1.29 is 24.4 Å². The van der Waals surface area contributed by atoms with Gasteiger partial charge in [-0.2, -0.15) is 10.5 Å². The van der Waals surface area contributed by atoms with Gasteiger partial charge >= 0.3 is 11.4 Å². The molecule has 1 aliphatic rings. The minimum absolute atomic E-state index is 0.0373. The van der Waals surface area contributed by atoms with Crippen LogP contribution in [-0.4, -0.2) is 34.3 Å². The number of hydrogen-bond donors (Lipinski definition) is 1. The van der Waals surface area contributed by atoms with Gasteiger partial charge in [0.15, 0.2) is 11.5 Å². The standard InChI is InChI=1S/C10H8N2O4.C7H4N2O3/c11-4-7-1-2-10(9(3-7)12(13)14)16-6-8-5-15-8;8-4-5-1-2-7(10)6(3-5)9(11)12/h1-3,8H,5-6H2;1-3,10H. The molecule has 0 saturated carbocycles. The van der Waals surface area contributed by atoms with Crippen molar-refractivity contribution in [3.63, 3.8) is 0 Å². The molecule has 11 heteroatoms. The van der Waals surface area contributed by atoms with E-state index < -0.39 is 21.3 Å². The van der Waals surface area contributed by atoms with Crippen molar-refractivity contribution in [3.8, 4) is 23.6 Å². The summed E-state index contributed by atoms with van der Waals surface area (Å²) in [5, 5.41) is 46.9. The third-order valence-corrected chi connectivity index (χ3v) is 3.41. The second-order valence-electron chi connectivity index (χ2n) is 5.39. The average Bonchev–Trinajstić information content (AvgIpc) is 3.51. The molecule has 2 aromatic rings. The molecule has 1 saturated heterocycles. The lowest BCUT2D eigenvalue weighted by Crippen LogP contribution is -2.05. The van der Waals surface area contributed by atoms with E-state index in [0.717, 1.165) is 12.1 Å². The first-order chi connectivity index (χ1) is 13.3. The zero-order chi connectivity index (χ0) is 20.7. The molecule has 11 nitrogen and oxygen atoms in total. The number of nitriles is 2. The summed E-state index contributed by atoms with van der Waals surface area (Å²) < 4.78 is 10.2. The Morgan fingerprint density at radius 2 is 1.61 bits per heavy atom. The summed E-state index contributed by atoms with van der Waals surface area (Å²) in [6, 6.07) is 11.1. The number of rotatable bonds is 5. The van der Waals surface area contributed by atoms with Crippen molar-refractivity contribution in [2.24, 2.45) is 0 Å². The van der Waals surface area contributed by atoms with Crippen LogP contribution in [-0.2, 0) is 4.74 Å². The van der Waals surface area contributed by atoms with Gasteiger partial charge in [0.2, 0.25) is 0 Å². The Kier molecular flexibility index (Phi) is 6.41. The van der Waals surface area contributed by atoms with E-state index in [2.05, 4.69) is 0 Å². The molecule has 142 valence electrons. The first-order valence-electron chi connectivity index (χ1n) is 7.66. The summed E-state index contributed by atoms with van der Waals surface area (Å²) in [5.41, 5.74) is -0.255. The smallest absolute Gasteiger partial charge is 0.312 e. The zero-order valence-corrected chi connectivity index (χ0v) is 14.1. The Labute approximate surface area is 157 Å². The highest BCUT2D eigenvalue weighted by Crippen LogP contribution is 2.28. The predicted molar refractivity (Wildman–Crippen MR) is 92.5 cm³/mol. The van der Waals surface area contributed by atoms with Crippen molar-refractivity contribution in [3.05, 3.63) is 67.8 Å². The molecule has 1 heterocycles. The number of aromatic hydroxyl groups is 1. The maximum Gasteiger partial charge on any atom is 0.312 e. The Morgan fingerprint density at radius 3 is 2.11 bits per heavy atom. The second kappa shape index (κ2) is 8.93. The summed E-state index contributed by atoms with van der Waals surface area (Å²) in [7, 11) is 0. The number of phenolic OH excluding ortho intramolecular Hbond substituents is 1. The molecular weight excluding hydrogens is 372 g/mol. The number of epoxide rings is 1.